The summed E-state index contributed by atoms with van der Waals surface area (Å²) in [5, 5.41) is 0. The molecule has 1 aliphatic heterocycles. The molecule has 0 amide bonds. The number of piperidine rings is 1. The molecule has 138 valence electrons. The second kappa shape index (κ2) is 6.32. The van der Waals surface area contributed by atoms with Crippen LogP contribution in [-0.2, 0) is 15.4 Å². The van der Waals surface area contributed by atoms with Crippen molar-refractivity contribution in [3.8, 4) is 0 Å². The Balaban J connectivity index is 1.64. The summed E-state index contributed by atoms with van der Waals surface area (Å²) in [6.07, 6.45) is -1.38. The molecule has 1 saturated carbocycles. The lowest BCUT2D eigenvalue weighted by Gasteiger charge is -2.24. The van der Waals surface area contributed by atoms with E-state index in [0.717, 1.165) is 24.9 Å². The maximum absolute atomic E-state index is 12.9. The lowest BCUT2D eigenvalue weighted by Crippen LogP contribution is -2.30. The van der Waals surface area contributed by atoms with Gasteiger partial charge in [0.25, 0.3) is 0 Å². The Hall–Kier alpha value is -1.54. The fourth-order valence-electron chi connectivity index (χ4n) is 4.06. The summed E-state index contributed by atoms with van der Waals surface area (Å²) >= 11 is 0. The lowest BCUT2D eigenvalue weighted by molar-refractivity contribution is 0.268. The number of nitrogens with zero attached hydrogens (tertiary/aromatic N) is 1. The summed E-state index contributed by atoms with van der Waals surface area (Å²) in [5.41, 5.74) is 1.55. The molecule has 2 aliphatic rings. The molecule has 1 N–H and O–H groups in total. The predicted molar refractivity (Wildman–Crippen MR) is 90.6 cm³/mol. The van der Waals surface area contributed by atoms with Gasteiger partial charge >= 0.3 is 6.08 Å². The maximum atomic E-state index is 12.9. The third-order valence-electron chi connectivity index (χ3n) is 5.47. The Morgan fingerprint density at radius 2 is 1.92 bits per heavy atom. The van der Waals surface area contributed by atoms with Gasteiger partial charge in [-0.3, -0.25) is 4.72 Å². The van der Waals surface area contributed by atoms with E-state index in [2.05, 4.69) is 11.6 Å². The lowest BCUT2D eigenvalue weighted by atomic mass is 9.92. The van der Waals surface area contributed by atoms with Crippen LogP contribution < -0.4 is 4.72 Å². The van der Waals surface area contributed by atoms with Gasteiger partial charge in [0.2, 0.25) is 10.0 Å². The number of likely N-dealkylation sites (tertiary alicyclic amines) is 1. The minimum Gasteiger partial charge on any atom is -0.302 e. The Labute approximate surface area is 145 Å². The first-order valence-electron chi connectivity index (χ1n) is 8.11. The molecule has 25 heavy (non-hydrogen) atoms. The molecule has 0 bridgehead atoms. The number of halogens is 3. The summed E-state index contributed by atoms with van der Waals surface area (Å²) in [6, 6.07) is 7.37. The van der Waals surface area contributed by atoms with Crippen LogP contribution in [0.25, 0.3) is 0 Å². The average Bonchev–Trinajstić information content (AvgIpc) is 2.89. The minimum absolute atomic E-state index is 0.0502. The average molecular weight is 374 g/mol. The standard InChI is InChI=1S/C17H21F3N2O2S/c1-17(11-4-3-5-12(8-11)21-25(2,23)24)13-9-22(10-14(13)17)7-6-15(18)16(19)20/h3-5,8,13-14,21H,6-7,9-10H2,1-2H3. The fraction of sp³-hybridized carbons (Fsp3) is 0.529. The number of nitrogens with one attached hydrogen (secondary N) is 1. The fourth-order valence-corrected chi connectivity index (χ4v) is 4.61. The molecule has 8 heteroatoms. The summed E-state index contributed by atoms with van der Waals surface area (Å²) < 4.78 is 62.4. The first kappa shape index (κ1) is 18.3. The van der Waals surface area contributed by atoms with E-state index in [9.17, 15) is 21.6 Å². The van der Waals surface area contributed by atoms with Crippen LogP contribution in [0.1, 0.15) is 18.9 Å². The molecule has 3 rings (SSSR count). The Morgan fingerprint density at radius 1 is 1.28 bits per heavy atom. The van der Waals surface area contributed by atoms with Crippen molar-refractivity contribution in [1.29, 1.82) is 0 Å². The van der Waals surface area contributed by atoms with E-state index < -0.39 is 21.9 Å². The molecule has 1 aliphatic carbocycles. The highest BCUT2D eigenvalue weighted by Crippen LogP contribution is 2.63. The summed E-state index contributed by atoms with van der Waals surface area (Å²) in [6.45, 7) is 3.92. The van der Waals surface area contributed by atoms with E-state index in [4.69, 9.17) is 0 Å². The zero-order valence-corrected chi connectivity index (χ0v) is 14.9. The zero-order valence-electron chi connectivity index (χ0n) is 14.1. The van der Waals surface area contributed by atoms with E-state index in [1.807, 2.05) is 23.1 Å². The van der Waals surface area contributed by atoms with Gasteiger partial charge in [-0.15, -0.1) is 0 Å². The highest BCUT2D eigenvalue weighted by molar-refractivity contribution is 7.92. The van der Waals surface area contributed by atoms with Crippen LogP contribution in [0.4, 0.5) is 18.9 Å². The van der Waals surface area contributed by atoms with Crippen LogP contribution in [0.15, 0.2) is 36.2 Å². The SMILES string of the molecule is CC1(c2cccc(NS(C)(=O)=O)c2)C2CN(CCC(F)=C(F)F)CC21. The molecule has 1 saturated heterocycles. The topological polar surface area (TPSA) is 49.4 Å². The van der Waals surface area contributed by atoms with Crippen LogP contribution in [0, 0.1) is 11.8 Å². The quantitative estimate of drug-likeness (QED) is 0.831. The minimum atomic E-state index is -3.33. The third kappa shape index (κ3) is 3.69. The molecule has 1 heterocycles. The molecule has 1 aromatic rings. The van der Waals surface area contributed by atoms with Crippen LogP contribution in [0.5, 0.6) is 0 Å². The largest absolute Gasteiger partial charge is 0.302 e. The Bertz CT molecular complexity index is 794. The molecule has 4 nitrogen and oxygen atoms in total. The van der Waals surface area contributed by atoms with E-state index in [0.29, 0.717) is 24.1 Å². The van der Waals surface area contributed by atoms with Crippen molar-refractivity contribution in [2.75, 3.05) is 30.6 Å². The number of benzene rings is 1. The molecular formula is C17H21F3N2O2S. The molecule has 0 spiro atoms. The van der Waals surface area contributed by atoms with Crippen molar-refractivity contribution < 1.29 is 21.6 Å². The van der Waals surface area contributed by atoms with Crippen molar-refractivity contribution in [2.24, 2.45) is 11.8 Å². The van der Waals surface area contributed by atoms with Gasteiger partial charge in [-0.05, 0) is 29.5 Å². The van der Waals surface area contributed by atoms with E-state index in [1.165, 1.54) is 0 Å². The second-order valence-corrected chi connectivity index (χ2v) is 8.87. The van der Waals surface area contributed by atoms with E-state index >= 15 is 0 Å². The van der Waals surface area contributed by atoms with Gasteiger partial charge in [-0.25, -0.2) is 12.8 Å². The first-order chi connectivity index (χ1) is 11.6. The number of hydrogen-bond acceptors (Lipinski definition) is 3. The summed E-state index contributed by atoms with van der Waals surface area (Å²) in [4.78, 5) is 2.01. The molecule has 2 unspecified atom stereocenters. The van der Waals surface area contributed by atoms with Gasteiger partial charge in [0.15, 0.2) is 5.83 Å². The van der Waals surface area contributed by atoms with Crippen molar-refractivity contribution in [3.05, 3.63) is 41.7 Å². The van der Waals surface area contributed by atoms with Gasteiger partial charge in [-0.1, -0.05) is 19.1 Å². The summed E-state index contributed by atoms with van der Waals surface area (Å²) in [5.74, 6) is -0.575. The van der Waals surface area contributed by atoms with Crippen molar-refractivity contribution in [1.82, 2.24) is 4.90 Å². The predicted octanol–water partition coefficient (Wildman–Crippen LogP) is 3.35. The Morgan fingerprint density at radius 3 is 2.48 bits per heavy atom. The van der Waals surface area contributed by atoms with Crippen molar-refractivity contribution in [2.45, 2.75) is 18.8 Å². The molecule has 0 radical (unpaired) electrons. The molecule has 2 atom stereocenters. The molecule has 2 fully saturated rings. The van der Waals surface area contributed by atoms with Crippen LogP contribution in [0.2, 0.25) is 0 Å². The van der Waals surface area contributed by atoms with Gasteiger partial charge < -0.3 is 4.90 Å². The van der Waals surface area contributed by atoms with Crippen LogP contribution in [0.3, 0.4) is 0 Å². The number of sulfonamides is 1. The highest BCUT2D eigenvalue weighted by Gasteiger charge is 2.65. The number of fused-ring (bicyclic) bond motifs is 1. The van der Waals surface area contributed by atoms with E-state index in [-0.39, 0.29) is 11.8 Å². The molecule has 1 aromatic carbocycles. The maximum Gasteiger partial charge on any atom is 0.301 e. The monoisotopic (exact) mass is 374 g/mol. The zero-order chi connectivity index (χ0) is 18.4. The normalized spacial score (nSPS) is 28.5. The molecule has 0 aromatic heterocycles. The smallest absolute Gasteiger partial charge is 0.301 e. The van der Waals surface area contributed by atoms with Gasteiger partial charge in [0.1, 0.15) is 0 Å². The van der Waals surface area contributed by atoms with Gasteiger partial charge in [0.05, 0.1) is 6.26 Å². The molecular weight excluding hydrogens is 353 g/mol. The highest BCUT2D eigenvalue weighted by atomic mass is 32.2. The summed E-state index contributed by atoms with van der Waals surface area (Å²) in [7, 11) is -3.33. The first-order valence-corrected chi connectivity index (χ1v) is 10.0. The number of anilines is 1. The van der Waals surface area contributed by atoms with Crippen LogP contribution >= 0.6 is 0 Å². The van der Waals surface area contributed by atoms with Gasteiger partial charge in [-0.2, -0.15) is 8.78 Å². The second-order valence-electron chi connectivity index (χ2n) is 7.13. The van der Waals surface area contributed by atoms with Crippen molar-refractivity contribution >= 4 is 15.7 Å². The van der Waals surface area contributed by atoms with Crippen LogP contribution in [-0.4, -0.2) is 39.2 Å². The third-order valence-corrected chi connectivity index (χ3v) is 6.07. The number of hydrogen-bond donors (Lipinski definition) is 1. The Kier molecular flexibility index (Phi) is 4.61. The number of rotatable bonds is 6. The van der Waals surface area contributed by atoms with E-state index in [1.54, 1.807) is 6.07 Å². The van der Waals surface area contributed by atoms with Crippen molar-refractivity contribution in [3.63, 3.8) is 0 Å². The van der Waals surface area contributed by atoms with Gasteiger partial charge in [0, 0.05) is 37.2 Å².